The maximum absolute atomic E-state index is 13.4. The molecule has 11 heteroatoms. The zero-order valence-electron chi connectivity index (χ0n) is 26.7. The van der Waals surface area contributed by atoms with Gasteiger partial charge in [0.1, 0.15) is 24.5 Å². The lowest BCUT2D eigenvalue weighted by Crippen LogP contribution is -2.62. The third kappa shape index (κ3) is 9.62. The lowest BCUT2D eigenvalue weighted by molar-refractivity contribution is -0.218. The molecule has 42 heavy (non-hydrogen) atoms. The number of aliphatic imine (C=N–C) groups is 1. The second-order valence-electron chi connectivity index (χ2n) is 13.3. The van der Waals surface area contributed by atoms with Gasteiger partial charge in [0, 0.05) is 12.0 Å². The summed E-state index contributed by atoms with van der Waals surface area (Å²) in [6.45, 7) is 16.7. The van der Waals surface area contributed by atoms with Gasteiger partial charge in [0.25, 0.3) is 0 Å². The van der Waals surface area contributed by atoms with Crippen LogP contribution in [0, 0.1) is 16.2 Å². The number of benzene rings is 1. The Kier molecular flexibility index (Phi) is 11.9. The summed E-state index contributed by atoms with van der Waals surface area (Å²) in [5.74, 6) is -0.754. The lowest BCUT2D eigenvalue weighted by Gasteiger charge is -2.44. The average Bonchev–Trinajstić information content (AvgIpc) is 2.89. The van der Waals surface area contributed by atoms with E-state index in [1.807, 2.05) is 0 Å². The number of hydrogen-bond acceptors (Lipinski definition) is 10. The predicted molar refractivity (Wildman–Crippen MR) is 161 cm³/mol. The molecular weight excluding hydrogens is 562 g/mol. The van der Waals surface area contributed by atoms with Crippen LogP contribution in [0.15, 0.2) is 29.3 Å². The Morgan fingerprint density at radius 2 is 1.36 bits per heavy atom. The Morgan fingerprint density at radius 3 is 1.81 bits per heavy atom. The third-order valence-electron chi connectivity index (χ3n) is 6.37. The second-order valence-corrected chi connectivity index (χ2v) is 15.1. The number of carbonyl (C=O) groups excluding carboxylic acids is 3. The van der Waals surface area contributed by atoms with Gasteiger partial charge >= 0.3 is 17.9 Å². The van der Waals surface area contributed by atoms with E-state index < -0.39 is 74.7 Å². The SMILES string of the molecule is CCS(=O)[C@@H]1O[C@H](COC(=O)C(C)(C)C)[C@@H](OC(=O)C(C)(C)C)[C@H](OC(=O)C(C)(C)C)[C@H]1N=Cc1ccc(OC)cc1. The highest BCUT2D eigenvalue weighted by Gasteiger charge is 2.53. The van der Waals surface area contributed by atoms with Gasteiger partial charge in [-0.2, -0.15) is 0 Å². The van der Waals surface area contributed by atoms with Crippen molar-refractivity contribution in [2.45, 2.75) is 99.0 Å². The zero-order valence-corrected chi connectivity index (χ0v) is 27.5. The average molecular weight is 610 g/mol. The zero-order chi connectivity index (χ0) is 32.0. The van der Waals surface area contributed by atoms with Crippen molar-refractivity contribution >= 4 is 34.9 Å². The molecule has 10 nitrogen and oxygen atoms in total. The van der Waals surface area contributed by atoms with E-state index in [-0.39, 0.29) is 12.4 Å². The highest BCUT2D eigenvalue weighted by Crippen LogP contribution is 2.34. The molecule has 0 spiro atoms. The number of ether oxygens (including phenoxy) is 5. The third-order valence-corrected chi connectivity index (χ3v) is 7.85. The quantitative estimate of drug-likeness (QED) is 0.226. The van der Waals surface area contributed by atoms with E-state index in [1.54, 1.807) is 107 Å². The Morgan fingerprint density at radius 1 is 0.857 bits per heavy atom. The first kappa shape index (κ1) is 35.4. The highest BCUT2D eigenvalue weighted by molar-refractivity contribution is 7.85. The molecule has 1 aliphatic rings. The molecule has 1 fully saturated rings. The van der Waals surface area contributed by atoms with Crippen molar-refractivity contribution in [3.63, 3.8) is 0 Å². The first-order chi connectivity index (χ1) is 19.3. The van der Waals surface area contributed by atoms with E-state index in [0.717, 1.165) is 0 Å². The fourth-order valence-corrected chi connectivity index (χ4v) is 4.81. The summed E-state index contributed by atoms with van der Waals surface area (Å²) in [5.41, 5.74) is -2.96. The summed E-state index contributed by atoms with van der Waals surface area (Å²) in [6.07, 6.45) is -1.91. The van der Waals surface area contributed by atoms with Crippen LogP contribution in [-0.4, -0.2) is 77.6 Å². The fraction of sp³-hybridized carbons (Fsp3) is 0.677. The van der Waals surface area contributed by atoms with Gasteiger partial charge in [-0.15, -0.1) is 0 Å². The number of rotatable bonds is 9. The summed E-state index contributed by atoms with van der Waals surface area (Å²) in [6, 6.07) is 6.11. The van der Waals surface area contributed by atoms with Gasteiger partial charge in [0.15, 0.2) is 17.6 Å². The molecule has 1 aliphatic heterocycles. The number of methoxy groups -OCH3 is 1. The molecular formula is C31H47NO9S. The summed E-state index contributed by atoms with van der Waals surface area (Å²) >= 11 is 0. The van der Waals surface area contributed by atoms with Gasteiger partial charge in [-0.05, 0) is 92.1 Å². The van der Waals surface area contributed by atoms with Gasteiger partial charge < -0.3 is 23.7 Å². The molecule has 2 rings (SSSR count). The van der Waals surface area contributed by atoms with Crippen LogP contribution in [-0.2, 0) is 44.1 Å². The van der Waals surface area contributed by atoms with Crippen molar-refractivity contribution in [3.05, 3.63) is 29.8 Å². The van der Waals surface area contributed by atoms with Crippen LogP contribution in [0.4, 0.5) is 0 Å². The molecule has 0 bridgehead atoms. The minimum absolute atomic E-state index is 0.222. The maximum Gasteiger partial charge on any atom is 0.311 e. The molecule has 1 aromatic rings. The molecule has 1 heterocycles. The van der Waals surface area contributed by atoms with Crippen molar-refractivity contribution in [1.29, 1.82) is 0 Å². The summed E-state index contributed by atoms with van der Waals surface area (Å²) in [7, 11) is -0.0232. The Labute approximate surface area is 252 Å². The summed E-state index contributed by atoms with van der Waals surface area (Å²) in [4.78, 5) is 43.8. The molecule has 1 saturated heterocycles. The standard InChI is InChI=1S/C31H47NO9S/c1-12-42(36)25-22(32-17-19-13-15-20(37-11)16-14-19)24(41-28(35)31(8,9)10)23(40-27(34)30(5,6)7)21(39-25)18-38-26(33)29(2,3)4/h13-17,21-25H,12,18H2,1-11H3/t21-,22-,23-,24-,25+,42?/m1/s1. The predicted octanol–water partition coefficient (Wildman–Crippen LogP) is 4.48. The van der Waals surface area contributed by atoms with E-state index in [2.05, 4.69) is 0 Å². The molecule has 236 valence electrons. The normalized spacial score (nSPS) is 24.1. The van der Waals surface area contributed by atoms with E-state index in [4.69, 9.17) is 28.7 Å². The highest BCUT2D eigenvalue weighted by atomic mass is 32.2. The molecule has 0 N–H and O–H groups in total. The molecule has 0 amide bonds. The Bertz CT molecular complexity index is 1140. The van der Waals surface area contributed by atoms with Crippen molar-refractivity contribution in [2.75, 3.05) is 19.5 Å². The summed E-state index contributed by atoms with van der Waals surface area (Å²) in [5, 5.41) is 0. The van der Waals surface area contributed by atoms with E-state index in [9.17, 15) is 18.6 Å². The van der Waals surface area contributed by atoms with Crippen LogP contribution in [0.3, 0.4) is 0 Å². The van der Waals surface area contributed by atoms with Gasteiger partial charge in [0.2, 0.25) is 0 Å². The molecule has 0 aromatic heterocycles. The molecule has 1 aromatic carbocycles. The molecule has 0 saturated carbocycles. The van der Waals surface area contributed by atoms with Gasteiger partial charge in [-0.1, -0.05) is 6.92 Å². The van der Waals surface area contributed by atoms with E-state index in [1.165, 1.54) is 0 Å². The molecule has 6 atom stereocenters. The van der Waals surface area contributed by atoms with Crippen molar-refractivity contribution in [3.8, 4) is 5.75 Å². The van der Waals surface area contributed by atoms with Crippen LogP contribution in [0.25, 0.3) is 0 Å². The Balaban J connectivity index is 2.66. The molecule has 0 aliphatic carbocycles. The smallest absolute Gasteiger partial charge is 0.311 e. The van der Waals surface area contributed by atoms with Crippen LogP contribution in [0.1, 0.15) is 74.8 Å². The fourth-order valence-electron chi connectivity index (χ4n) is 3.68. The number of hydrogen-bond donors (Lipinski definition) is 0. The van der Waals surface area contributed by atoms with Gasteiger partial charge in [-0.3, -0.25) is 23.6 Å². The number of nitrogens with zero attached hydrogens (tertiary/aromatic N) is 1. The Hall–Kier alpha value is -2.79. The lowest BCUT2D eigenvalue weighted by atomic mass is 9.93. The minimum Gasteiger partial charge on any atom is -0.497 e. The van der Waals surface area contributed by atoms with Gasteiger partial charge in [-0.25, -0.2) is 0 Å². The van der Waals surface area contributed by atoms with Crippen LogP contribution < -0.4 is 4.74 Å². The van der Waals surface area contributed by atoms with Crippen molar-refractivity contribution in [2.24, 2.45) is 21.2 Å². The first-order valence-electron chi connectivity index (χ1n) is 14.1. The van der Waals surface area contributed by atoms with E-state index in [0.29, 0.717) is 11.3 Å². The largest absolute Gasteiger partial charge is 0.497 e. The van der Waals surface area contributed by atoms with Gasteiger partial charge in [0.05, 0.1) is 34.2 Å². The second kappa shape index (κ2) is 14.1. The minimum atomic E-state index is -1.59. The van der Waals surface area contributed by atoms with E-state index >= 15 is 0 Å². The first-order valence-corrected chi connectivity index (χ1v) is 15.5. The monoisotopic (exact) mass is 609 g/mol. The number of carbonyl (C=O) groups is 3. The van der Waals surface area contributed by atoms with Crippen molar-refractivity contribution in [1.82, 2.24) is 0 Å². The maximum atomic E-state index is 13.4. The number of esters is 3. The molecule has 1 unspecified atom stereocenters. The topological polar surface area (TPSA) is 127 Å². The van der Waals surface area contributed by atoms with Crippen LogP contribution in [0.2, 0.25) is 0 Å². The van der Waals surface area contributed by atoms with Crippen LogP contribution in [0.5, 0.6) is 5.75 Å². The molecule has 0 radical (unpaired) electrons. The van der Waals surface area contributed by atoms with Crippen molar-refractivity contribution < 1.29 is 42.3 Å². The van der Waals surface area contributed by atoms with Crippen LogP contribution >= 0.6 is 0 Å². The summed E-state index contributed by atoms with van der Waals surface area (Å²) < 4.78 is 42.5.